The average molecular weight is 276 g/mol. The summed E-state index contributed by atoms with van der Waals surface area (Å²) in [6.45, 7) is 5.59. The van der Waals surface area contributed by atoms with E-state index in [0.29, 0.717) is 6.04 Å². The molecule has 1 N–H and O–H groups in total. The van der Waals surface area contributed by atoms with Gasteiger partial charge in [-0.3, -0.25) is 0 Å². The lowest BCUT2D eigenvalue weighted by Gasteiger charge is -2.11. The monoisotopic (exact) mass is 275 g/mol. The third kappa shape index (κ3) is 4.11. The van der Waals surface area contributed by atoms with Gasteiger partial charge in [-0.25, -0.2) is 0 Å². The molecule has 0 saturated carbocycles. The Labute approximate surface area is 99.0 Å². The molecule has 0 spiro atoms. The van der Waals surface area contributed by atoms with Crippen LogP contribution in [0.1, 0.15) is 44.0 Å². The maximum absolute atomic E-state index is 3.54. The van der Waals surface area contributed by atoms with Crippen LogP contribution in [0, 0.1) is 0 Å². The first-order chi connectivity index (χ1) is 6.74. The van der Waals surface area contributed by atoms with Crippen molar-refractivity contribution in [2.24, 2.45) is 0 Å². The van der Waals surface area contributed by atoms with Gasteiger partial charge in [0.25, 0.3) is 0 Å². The van der Waals surface area contributed by atoms with E-state index in [1.807, 2.05) is 11.3 Å². The second kappa shape index (κ2) is 6.59. The van der Waals surface area contributed by atoms with Crippen molar-refractivity contribution in [3.8, 4) is 0 Å². The molecule has 1 heterocycles. The van der Waals surface area contributed by atoms with Gasteiger partial charge < -0.3 is 5.32 Å². The van der Waals surface area contributed by atoms with Crippen LogP contribution in [0.3, 0.4) is 0 Å². The van der Waals surface area contributed by atoms with Crippen LogP contribution < -0.4 is 5.32 Å². The summed E-state index contributed by atoms with van der Waals surface area (Å²) in [7, 11) is 0. The fourth-order valence-electron chi connectivity index (χ4n) is 1.36. The van der Waals surface area contributed by atoms with Gasteiger partial charge in [-0.05, 0) is 48.0 Å². The van der Waals surface area contributed by atoms with E-state index in [0.717, 1.165) is 6.54 Å². The summed E-state index contributed by atoms with van der Waals surface area (Å²) in [5.41, 5.74) is 0. The lowest BCUT2D eigenvalue weighted by molar-refractivity contribution is 0.549. The summed E-state index contributed by atoms with van der Waals surface area (Å²) in [4.78, 5) is 1.41. The van der Waals surface area contributed by atoms with Gasteiger partial charge in [0.1, 0.15) is 0 Å². The molecule has 1 rings (SSSR count). The highest BCUT2D eigenvalue weighted by Crippen LogP contribution is 2.26. The van der Waals surface area contributed by atoms with Crippen LogP contribution in [0.4, 0.5) is 0 Å². The predicted molar refractivity (Wildman–Crippen MR) is 68.0 cm³/mol. The Kier molecular flexibility index (Phi) is 5.75. The molecule has 0 aromatic carbocycles. The van der Waals surface area contributed by atoms with Crippen molar-refractivity contribution in [2.45, 2.75) is 39.2 Å². The zero-order chi connectivity index (χ0) is 10.4. The van der Waals surface area contributed by atoms with E-state index in [1.165, 1.54) is 27.9 Å². The zero-order valence-corrected chi connectivity index (χ0v) is 11.2. The van der Waals surface area contributed by atoms with Gasteiger partial charge in [0.2, 0.25) is 0 Å². The number of hydrogen-bond donors (Lipinski definition) is 1. The molecule has 80 valence electrons. The van der Waals surface area contributed by atoms with E-state index in [-0.39, 0.29) is 0 Å². The quantitative estimate of drug-likeness (QED) is 0.762. The van der Waals surface area contributed by atoms with E-state index >= 15 is 0 Å². The summed E-state index contributed by atoms with van der Waals surface area (Å²) in [6, 6.07) is 4.79. The fraction of sp³-hybridized carbons (Fsp3) is 0.636. The molecular weight excluding hydrogens is 258 g/mol. The van der Waals surface area contributed by atoms with Gasteiger partial charge in [-0.2, -0.15) is 0 Å². The first kappa shape index (κ1) is 12.2. The minimum atomic E-state index is 0.489. The van der Waals surface area contributed by atoms with E-state index in [9.17, 15) is 0 Å². The standard InChI is InChI=1S/C11H18BrNS/c1-3-4-5-8-13-9(2)10-6-7-11(12)14-10/h6-7,9,13H,3-5,8H2,1-2H3. The molecule has 0 aliphatic carbocycles. The highest BCUT2D eigenvalue weighted by atomic mass is 79.9. The van der Waals surface area contributed by atoms with Crippen molar-refractivity contribution in [1.82, 2.24) is 5.32 Å². The maximum Gasteiger partial charge on any atom is 0.0701 e. The largest absolute Gasteiger partial charge is 0.309 e. The fourth-order valence-corrected chi connectivity index (χ4v) is 2.81. The Hall–Kier alpha value is 0.140. The Morgan fingerprint density at radius 2 is 2.21 bits per heavy atom. The molecule has 1 aromatic rings. The molecule has 0 aliphatic heterocycles. The molecule has 0 fully saturated rings. The van der Waals surface area contributed by atoms with Crippen molar-refractivity contribution in [3.05, 3.63) is 20.8 Å². The van der Waals surface area contributed by atoms with Gasteiger partial charge in [0.15, 0.2) is 0 Å². The first-order valence-electron chi connectivity index (χ1n) is 5.22. The average Bonchev–Trinajstić information content (AvgIpc) is 2.59. The molecule has 14 heavy (non-hydrogen) atoms. The molecule has 3 heteroatoms. The summed E-state index contributed by atoms with van der Waals surface area (Å²) < 4.78 is 1.22. The van der Waals surface area contributed by atoms with Crippen molar-refractivity contribution in [2.75, 3.05) is 6.54 Å². The topological polar surface area (TPSA) is 12.0 Å². The Bertz CT molecular complexity index is 260. The summed E-state index contributed by atoms with van der Waals surface area (Å²) in [6.07, 6.45) is 3.90. The first-order valence-corrected chi connectivity index (χ1v) is 6.83. The third-order valence-electron chi connectivity index (χ3n) is 2.25. The van der Waals surface area contributed by atoms with Crippen LogP contribution in [0.5, 0.6) is 0 Å². The number of unbranched alkanes of at least 4 members (excludes halogenated alkanes) is 2. The molecule has 0 amide bonds. The summed E-state index contributed by atoms with van der Waals surface area (Å²) in [5.74, 6) is 0. The molecule has 0 saturated heterocycles. The highest BCUT2D eigenvalue weighted by molar-refractivity contribution is 9.11. The molecule has 0 aliphatic rings. The molecule has 1 nitrogen and oxygen atoms in total. The number of halogens is 1. The Balaban J connectivity index is 2.25. The van der Waals surface area contributed by atoms with Gasteiger partial charge >= 0.3 is 0 Å². The van der Waals surface area contributed by atoms with Gasteiger partial charge in [0, 0.05) is 10.9 Å². The SMILES string of the molecule is CCCCCNC(C)c1ccc(Br)s1. The molecule has 1 atom stereocenters. The lowest BCUT2D eigenvalue weighted by atomic mass is 10.2. The van der Waals surface area contributed by atoms with Crippen molar-refractivity contribution >= 4 is 27.3 Å². The van der Waals surface area contributed by atoms with E-state index in [1.54, 1.807) is 0 Å². The van der Waals surface area contributed by atoms with E-state index < -0.39 is 0 Å². The van der Waals surface area contributed by atoms with Crippen LogP contribution in [-0.2, 0) is 0 Å². The van der Waals surface area contributed by atoms with Crippen molar-refractivity contribution in [3.63, 3.8) is 0 Å². The molecule has 1 aromatic heterocycles. The Morgan fingerprint density at radius 3 is 2.79 bits per heavy atom. The van der Waals surface area contributed by atoms with E-state index in [4.69, 9.17) is 0 Å². The lowest BCUT2D eigenvalue weighted by Crippen LogP contribution is -2.18. The third-order valence-corrected chi connectivity index (χ3v) is 4.06. The van der Waals surface area contributed by atoms with Crippen LogP contribution >= 0.6 is 27.3 Å². The van der Waals surface area contributed by atoms with Gasteiger partial charge in [-0.1, -0.05) is 19.8 Å². The second-order valence-corrected chi connectivity index (χ2v) is 6.02. The van der Waals surface area contributed by atoms with Crippen LogP contribution in [0.25, 0.3) is 0 Å². The zero-order valence-electron chi connectivity index (χ0n) is 8.85. The molecular formula is C11H18BrNS. The normalized spacial score (nSPS) is 13.1. The van der Waals surface area contributed by atoms with Crippen molar-refractivity contribution < 1.29 is 0 Å². The molecule has 0 radical (unpaired) electrons. The minimum Gasteiger partial charge on any atom is -0.309 e. The van der Waals surface area contributed by atoms with Crippen LogP contribution in [-0.4, -0.2) is 6.54 Å². The predicted octanol–water partition coefficient (Wildman–Crippen LogP) is 4.35. The smallest absolute Gasteiger partial charge is 0.0701 e. The number of hydrogen-bond acceptors (Lipinski definition) is 2. The minimum absolute atomic E-state index is 0.489. The summed E-state index contributed by atoms with van der Waals surface area (Å²) in [5, 5.41) is 3.54. The summed E-state index contributed by atoms with van der Waals surface area (Å²) >= 11 is 5.30. The Morgan fingerprint density at radius 1 is 1.43 bits per heavy atom. The number of nitrogens with one attached hydrogen (secondary N) is 1. The molecule has 1 unspecified atom stereocenters. The highest BCUT2D eigenvalue weighted by Gasteiger charge is 2.06. The number of thiophene rings is 1. The number of rotatable bonds is 6. The second-order valence-electron chi connectivity index (χ2n) is 3.52. The molecule has 0 bridgehead atoms. The maximum atomic E-state index is 3.54. The van der Waals surface area contributed by atoms with Crippen LogP contribution in [0.15, 0.2) is 15.9 Å². The van der Waals surface area contributed by atoms with Crippen molar-refractivity contribution in [1.29, 1.82) is 0 Å². The van der Waals surface area contributed by atoms with Crippen LogP contribution in [0.2, 0.25) is 0 Å². The van der Waals surface area contributed by atoms with Gasteiger partial charge in [-0.15, -0.1) is 11.3 Å². The van der Waals surface area contributed by atoms with E-state index in [2.05, 4.69) is 47.2 Å². The van der Waals surface area contributed by atoms with Gasteiger partial charge in [0.05, 0.1) is 3.79 Å².